The molecule has 0 aliphatic heterocycles. The molecular formula is C12H22N4O6. The molecule has 0 aromatic rings. The van der Waals surface area contributed by atoms with Crippen molar-refractivity contribution in [1.82, 2.24) is 10.6 Å². The Bertz CT molecular complexity index is 439. The van der Waals surface area contributed by atoms with Crippen LogP contribution < -0.4 is 22.1 Å². The number of aliphatic hydroxyl groups excluding tert-OH is 1. The zero-order chi connectivity index (χ0) is 17.4. The van der Waals surface area contributed by atoms with Crippen LogP contribution in [0.3, 0.4) is 0 Å². The first-order valence-electron chi connectivity index (χ1n) is 6.61. The van der Waals surface area contributed by atoms with Crippen LogP contribution in [-0.2, 0) is 19.2 Å². The zero-order valence-electron chi connectivity index (χ0n) is 12.4. The second-order valence-corrected chi connectivity index (χ2v) is 4.90. The van der Waals surface area contributed by atoms with E-state index in [4.69, 9.17) is 16.6 Å². The highest BCUT2D eigenvalue weighted by Crippen LogP contribution is 2.00. The molecule has 10 nitrogen and oxygen atoms in total. The Morgan fingerprint density at radius 1 is 1.09 bits per heavy atom. The molecule has 0 bridgehead atoms. The Balaban J connectivity index is 4.88. The molecule has 0 fully saturated rings. The third-order valence-corrected chi connectivity index (χ3v) is 2.86. The number of carboxylic acids is 1. The van der Waals surface area contributed by atoms with Gasteiger partial charge in [0, 0.05) is 6.42 Å². The first kappa shape index (κ1) is 19.8. The monoisotopic (exact) mass is 318 g/mol. The van der Waals surface area contributed by atoms with Gasteiger partial charge in [0.1, 0.15) is 18.1 Å². The molecule has 0 aliphatic carbocycles. The van der Waals surface area contributed by atoms with Gasteiger partial charge in [0.25, 0.3) is 0 Å². The smallest absolute Gasteiger partial charge is 0.325 e. The van der Waals surface area contributed by atoms with E-state index in [9.17, 15) is 24.3 Å². The molecule has 10 heteroatoms. The maximum absolute atomic E-state index is 12.0. The molecule has 0 saturated carbocycles. The van der Waals surface area contributed by atoms with Crippen molar-refractivity contribution in [2.75, 3.05) is 0 Å². The molecule has 3 amide bonds. The van der Waals surface area contributed by atoms with E-state index in [0.29, 0.717) is 0 Å². The van der Waals surface area contributed by atoms with E-state index >= 15 is 0 Å². The van der Waals surface area contributed by atoms with E-state index in [1.165, 1.54) is 13.8 Å². The molecule has 22 heavy (non-hydrogen) atoms. The molecule has 0 rings (SSSR count). The molecule has 8 N–H and O–H groups in total. The van der Waals surface area contributed by atoms with Crippen LogP contribution in [0.5, 0.6) is 0 Å². The molecule has 126 valence electrons. The van der Waals surface area contributed by atoms with Gasteiger partial charge in [-0.2, -0.15) is 0 Å². The SMILES string of the molecule is CC(NC(=O)C(CCC(N)=O)NC(=O)C(N)C(C)O)C(=O)O. The van der Waals surface area contributed by atoms with Gasteiger partial charge in [0.05, 0.1) is 6.10 Å². The van der Waals surface area contributed by atoms with Gasteiger partial charge in [0.2, 0.25) is 17.7 Å². The molecule has 4 unspecified atom stereocenters. The number of hydrogen-bond donors (Lipinski definition) is 6. The lowest BCUT2D eigenvalue weighted by atomic mass is 10.1. The van der Waals surface area contributed by atoms with Crippen LogP contribution in [0.15, 0.2) is 0 Å². The van der Waals surface area contributed by atoms with Crippen molar-refractivity contribution in [3.05, 3.63) is 0 Å². The van der Waals surface area contributed by atoms with Crippen molar-refractivity contribution in [2.45, 2.75) is 50.9 Å². The molecule has 0 aromatic carbocycles. The van der Waals surface area contributed by atoms with Gasteiger partial charge >= 0.3 is 5.97 Å². The fourth-order valence-electron chi connectivity index (χ4n) is 1.42. The van der Waals surface area contributed by atoms with E-state index in [0.717, 1.165) is 0 Å². The number of hydrogen-bond acceptors (Lipinski definition) is 6. The van der Waals surface area contributed by atoms with Crippen molar-refractivity contribution < 1.29 is 29.4 Å². The highest BCUT2D eigenvalue weighted by Gasteiger charge is 2.27. The summed E-state index contributed by atoms with van der Waals surface area (Å²) >= 11 is 0. The fourth-order valence-corrected chi connectivity index (χ4v) is 1.42. The van der Waals surface area contributed by atoms with Crippen LogP contribution in [0.25, 0.3) is 0 Å². The minimum atomic E-state index is -1.26. The topological polar surface area (TPSA) is 185 Å². The van der Waals surface area contributed by atoms with Crippen LogP contribution in [0.2, 0.25) is 0 Å². The minimum Gasteiger partial charge on any atom is -0.480 e. The maximum atomic E-state index is 12.0. The average Bonchev–Trinajstić information content (AvgIpc) is 2.41. The first-order valence-corrected chi connectivity index (χ1v) is 6.61. The third kappa shape index (κ3) is 6.99. The van der Waals surface area contributed by atoms with Gasteiger partial charge < -0.3 is 32.3 Å². The number of amides is 3. The average molecular weight is 318 g/mol. The summed E-state index contributed by atoms with van der Waals surface area (Å²) in [6.07, 6.45) is -1.45. The van der Waals surface area contributed by atoms with Gasteiger partial charge in [0.15, 0.2) is 0 Å². The molecule has 0 saturated heterocycles. The van der Waals surface area contributed by atoms with E-state index in [1.807, 2.05) is 0 Å². The Kier molecular flexibility index (Phi) is 8.05. The summed E-state index contributed by atoms with van der Waals surface area (Å²) in [6.45, 7) is 2.55. The predicted molar refractivity (Wildman–Crippen MR) is 75.3 cm³/mol. The Morgan fingerprint density at radius 2 is 1.64 bits per heavy atom. The number of carbonyl (C=O) groups excluding carboxylic acids is 3. The second-order valence-electron chi connectivity index (χ2n) is 4.90. The number of carbonyl (C=O) groups is 4. The minimum absolute atomic E-state index is 0.119. The van der Waals surface area contributed by atoms with E-state index in [-0.39, 0.29) is 12.8 Å². The van der Waals surface area contributed by atoms with Crippen molar-refractivity contribution in [3.8, 4) is 0 Å². The van der Waals surface area contributed by atoms with E-state index in [1.54, 1.807) is 0 Å². The van der Waals surface area contributed by atoms with Crippen molar-refractivity contribution in [3.63, 3.8) is 0 Å². The number of nitrogens with two attached hydrogens (primary N) is 2. The Morgan fingerprint density at radius 3 is 2.05 bits per heavy atom. The van der Waals surface area contributed by atoms with E-state index < -0.39 is 47.9 Å². The second kappa shape index (κ2) is 8.95. The largest absolute Gasteiger partial charge is 0.480 e. The molecule has 4 atom stereocenters. The van der Waals surface area contributed by atoms with Crippen molar-refractivity contribution in [2.24, 2.45) is 11.5 Å². The standard InChI is InChI=1S/C12H22N4O6/c1-5(12(21)22)15-10(19)7(3-4-8(13)18)16-11(20)9(14)6(2)17/h5-7,9,17H,3-4,14H2,1-2H3,(H2,13,18)(H,15,19)(H,16,20)(H,21,22). The summed E-state index contributed by atoms with van der Waals surface area (Å²) in [6, 6.07) is -3.63. The van der Waals surface area contributed by atoms with Crippen LogP contribution >= 0.6 is 0 Å². The highest BCUT2D eigenvalue weighted by atomic mass is 16.4. The number of rotatable bonds is 9. The van der Waals surface area contributed by atoms with Crippen LogP contribution in [0.4, 0.5) is 0 Å². The van der Waals surface area contributed by atoms with Gasteiger partial charge in [-0.25, -0.2) is 0 Å². The molecule has 0 aromatic heterocycles. The maximum Gasteiger partial charge on any atom is 0.325 e. The summed E-state index contributed by atoms with van der Waals surface area (Å²) in [5.41, 5.74) is 10.4. The number of aliphatic hydroxyl groups is 1. The first-order chi connectivity index (χ1) is 10.1. The van der Waals surface area contributed by atoms with E-state index in [2.05, 4.69) is 10.6 Å². The normalized spacial score (nSPS) is 16.0. The molecule has 0 spiro atoms. The number of aliphatic carboxylic acids is 1. The lowest BCUT2D eigenvalue weighted by Gasteiger charge is -2.22. The summed E-state index contributed by atoms with van der Waals surface area (Å²) in [5.74, 6) is -3.53. The van der Waals surface area contributed by atoms with Crippen LogP contribution in [0.1, 0.15) is 26.7 Å². The Hall–Kier alpha value is -2.20. The third-order valence-electron chi connectivity index (χ3n) is 2.86. The van der Waals surface area contributed by atoms with Gasteiger partial charge in [-0.3, -0.25) is 19.2 Å². The number of primary amides is 1. The quantitative estimate of drug-likeness (QED) is 0.262. The lowest BCUT2D eigenvalue weighted by Crippen LogP contribution is -2.56. The van der Waals surface area contributed by atoms with Gasteiger partial charge in [-0.1, -0.05) is 0 Å². The summed E-state index contributed by atoms with van der Waals surface area (Å²) in [7, 11) is 0. The van der Waals surface area contributed by atoms with Crippen LogP contribution in [0, 0.1) is 0 Å². The lowest BCUT2D eigenvalue weighted by molar-refractivity contribution is -0.141. The summed E-state index contributed by atoms with van der Waals surface area (Å²) in [4.78, 5) is 45.2. The van der Waals surface area contributed by atoms with Gasteiger partial charge in [-0.15, -0.1) is 0 Å². The Labute approximate surface area is 127 Å². The fraction of sp³-hybridized carbons (Fsp3) is 0.667. The number of nitrogens with one attached hydrogen (secondary N) is 2. The molecule has 0 radical (unpaired) electrons. The molecule has 0 aliphatic rings. The van der Waals surface area contributed by atoms with Crippen molar-refractivity contribution in [1.29, 1.82) is 0 Å². The summed E-state index contributed by atoms with van der Waals surface area (Å²) in [5, 5.41) is 22.4. The molecule has 0 heterocycles. The number of carboxylic acid groups (broad SMARTS) is 1. The highest BCUT2D eigenvalue weighted by molar-refractivity contribution is 5.92. The zero-order valence-corrected chi connectivity index (χ0v) is 12.4. The van der Waals surface area contributed by atoms with Crippen LogP contribution in [-0.4, -0.2) is 58.1 Å². The molecular weight excluding hydrogens is 296 g/mol. The van der Waals surface area contributed by atoms with Crippen molar-refractivity contribution >= 4 is 23.7 Å². The predicted octanol–water partition coefficient (Wildman–Crippen LogP) is -2.97. The van der Waals surface area contributed by atoms with Gasteiger partial charge in [-0.05, 0) is 20.3 Å². The summed E-state index contributed by atoms with van der Waals surface area (Å²) < 4.78 is 0.